The molecule has 0 aliphatic carbocycles. The number of hydrogen-bond acceptors (Lipinski definition) is 3. The molecule has 2 rings (SSSR count). The smallest absolute Gasteiger partial charge is 0.317 e. The van der Waals surface area contributed by atoms with Crippen LogP contribution in [-0.2, 0) is 11.3 Å². The number of piperazine rings is 1. The van der Waals surface area contributed by atoms with E-state index >= 15 is 0 Å². The number of halogens is 1. The van der Waals surface area contributed by atoms with Crippen molar-refractivity contribution in [1.82, 2.24) is 15.1 Å². The minimum absolute atomic E-state index is 0.00167. The average molecular weight is 312 g/mol. The lowest BCUT2D eigenvalue weighted by Gasteiger charge is -2.34. The van der Waals surface area contributed by atoms with Crippen LogP contribution in [0, 0.1) is 0 Å². The van der Waals surface area contributed by atoms with Gasteiger partial charge in [0.25, 0.3) is 0 Å². The molecular weight excluding hydrogens is 290 g/mol. The van der Waals surface area contributed by atoms with Crippen LogP contribution in [0.5, 0.6) is 0 Å². The van der Waals surface area contributed by atoms with Crippen LogP contribution in [0.3, 0.4) is 0 Å². The van der Waals surface area contributed by atoms with Gasteiger partial charge in [0, 0.05) is 51.4 Å². The fraction of sp³-hybridized carbons (Fsp3) is 0.533. The summed E-state index contributed by atoms with van der Waals surface area (Å²) < 4.78 is 4.92. The maximum Gasteiger partial charge on any atom is 0.317 e. The number of benzene rings is 1. The summed E-state index contributed by atoms with van der Waals surface area (Å²) in [4.78, 5) is 16.1. The van der Waals surface area contributed by atoms with Crippen molar-refractivity contribution < 1.29 is 9.53 Å². The Labute approximate surface area is 130 Å². The van der Waals surface area contributed by atoms with Crippen molar-refractivity contribution in [3.63, 3.8) is 0 Å². The highest BCUT2D eigenvalue weighted by molar-refractivity contribution is 6.30. The third-order valence-corrected chi connectivity index (χ3v) is 3.81. The van der Waals surface area contributed by atoms with E-state index in [4.69, 9.17) is 16.3 Å². The number of carbonyl (C=O) groups excluding carboxylic acids is 1. The minimum Gasteiger partial charge on any atom is -0.383 e. The third-order valence-electron chi connectivity index (χ3n) is 3.56. The molecule has 1 saturated heterocycles. The van der Waals surface area contributed by atoms with Crippen LogP contribution in [0.15, 0.2) is 24.3 Å². The number of urea groups is 1. The van der Waals surface area contributed by atoms with Gasteiger partial charge in [0.15, 0.2) is 0 Å². The molecule has 2 amide bonds. The summed E-state index contributed by atoms with van der Waals surface area (Å²) in [7, 11) is 1.63. The van der Waals surface area contributed by atoms with E-state index in [9.17, 15) is 4.79 Å². The molecule has 0 aromatic heterocycles. The quantitative estimate of drug-likeness (QED) is 0.844. The number of hydrogen-bond donors (Lipinski definition) is 1. The Hall–Kier alpha value is -1.30. The zero-order chi connectivity index (χ0) is 15.1. The number of methoxy groups -OCH3 is 1. The summed E-state index contributed by atoms with van der Waals surface area (Å²) in [5.74, 6) is 0. The van der Waals surface area contributed by atoms with Crippen molar-refractivity contribution in [3.8, 4) is 0 Å². The Kier molecular flexibility index (Phi) is 6.29. The molecule has 0 spiro atoms. The standard InChI is InChI=1S/C15H22ClN3O2/c1-21-11-6-17-15(20)19-9-7-18(8-10-19)12-13-2-4-14(16)5-3-13/h2-5H,6-12H2,1H3,(H,17,20). The van der Waals surface area contributed by atoms with Crippen molar-refractivity contribution in [2.24, 2.45) is 0 Å². The molecule has 1 aromatic rings. The number of nitrogens with zero attached hydrogens (tertiary/aromatic N) is 2. The average Bonchev–Trinajstić information content (AvgIpc) is 2.50. The van der Waals surface area contributed by atoms with E-state index < -0.39 is 0 Å². The van der Waals surface area contributed by atoms with Crippen molar-refractivity contribution in [1.29, 1.82) is 0 Å². The Morgan fingerprint density at radius 1 is 1.24 bits per heavy atom. The summed E-state index contributed by atoms with van der Waals surface area (Å²) >= 11 is 5.89. The van der Waals surface area contributed by atoms with Gasteiger partial charge in [0.05, 0.1) is 6.61 Å². The van der Waals surface area contributed by atoms with Gasteiger partial charge in [-0.25, -0.2) is 4.79 Å². The highest BCUT2D eigenvalue weighted by Crippen LogP contribution is 2.12. The van der Waals surface area contributed by atoms with E-state index in [0.29, 0.717) is 13.2 Å². The maximum atomic E-state index is 11.9. The molecule has 1 aliphatic heterocycles. The predicted octanol–water partition coefficient (Wildman–Crippen LogP) is 1.81. The topological polar surface area (TPSA) is 44.8 Å². The molecule has 1 N–H and O–H groups in total. The Bertz CT molecular complexity index is 445. The van der Waals surface area contributed by atoms with Crippen molar-refractivity contribution >= 4 is 17.6 Å². The first-order chi connectivity index (χ1) is 10.2. The van der Waals surface area contributed by atoms with Gasteiger partial charge in [-0.2, -0.15) is 0 Å². The number of ether oxygens (including phenoxy) is 1. The van der Waals surface area contributed by atoms with E-state index in [1.807, 2.05) is 29.2 Å². The molecule has 1 fully saturated rings. The van der Waals surface area contributed by atoms with Crippen molar-refractivity contribution in [2.75, 3.05) is 46.4 Å². The van der Waals surface area contributed by atoms with Crippen LogP contribution in [0.4, 0.5) is 4.79 Å². The molecule has 5 nitrogen and oxygen atoms in total. The second-order valence-corrected chi connectivity index (χ2v) is 5.55. The first kappa shape index (κ1) is 16.1. The molecule has 116 valence electrons. The van der Waals surface area contributed by atoms with Gasteiger partial charge < -0.3 is 15.0 Å². The Morgan fingerprint density at radius 2 is 1.90 bits per heavy atom. The zero-order valence-electron chi connectivity index (χ0n) is 12.3. The SMILES string of the molecule is COCCNC(=O)N1CCN(Cc2ccc(Cl)cc2)CC1. The van der Waals surface area contributed by atoms with Crippen LogP contribution >= 0.6 is 11.6 Å². The number of rotatable bonds is 5. The number of amides is 2. The minimum atomic E-state index is -0.00167. The fourth-order valence-electron chi connectivity index (χ4n) is 2.33. The van der Waals surface area contributed by atoms with Crippen LogP contribution in [0.25, 0.3) is 0 Å². The third kappa shape index (κ3) is 5.19. The van der Waals surface area contributed by atoms with Crippen LogP contribution in [0.2, 0.25) is 5.02 Å². The summed E-state index contributed by atoms with van der Waals surface area (Å²) in [5, 5.41) is 3.61. The lowest BCUT2D eigenvalue weighted by molar-refractivity contribution is 0.132. The Balaban J connectivity index is 1.72. The molecule has 0 unspecified atom stereocenters. The number of carbonyl (C=O) groups is 1. The molecule has 6 heteroatoms. The second kappa shape index (κ2) is 8.22. The predicted molar refractivity (Wildman–Crippen MR) is 83.6 cm³/mol. The van der Waals surface area contributed by atoms with Gasteiger partial charge in [-0.05, 0) is 17.7 Å². The van der Waals surface area contributed by atoms with Crippen LogP contribution < -0.4 is 5.32 Å². The summed E-state index contributed by atoms with van der Waals surface area (Å²) in [6, 6.07) is 7.92. The highest BCUT2D eigenvalue weighted by atomic mass is 35.5. The van der Waals surface area contributed by atoms with Crippen molar-refractivity contribution in [3.05, 3.63) is 34.9 Å². The molecule has 0 atom stereocenters. The van der Waals surface area contributed by atoms with Gasteiger partial charge >= 0.3 is 6.03 Å². The van der Waals surface area contributed by atoms with Crippen molar-refractivity contribution in [2.45, 2.75) is 6.54 Å². The fourth-order valence-corrected chi connectivity index (χ4v) is 2.45. The molecule has 21 heavy (non-hydrogen) atoms. The summed E-state index contributed by atoms with van der Waals surface area (Å²) in [6.07, 6.45) is 0. The van der Waals surface area contributed by atoms with Gasteiger partial charge in [0.2, 0.25) is 0 Å². The van der Waals surface area contributed by atoms with E-state index in [0.717, 1.165) is 37.7 Å². The maximum absolute atomic E-state index is 11.9. The monoisotopic (exact) mass is 311 g/mol. The molecule has 1 heterocycles. The highest BCUT2D eigenvalue weighted by Gasteiger charge is 2.20. The van der Waals surface area contributed by atoms with Gasteiger partial charge in [-0.1, -0.05) is 23.7 Å². The van der Waals surface area contributed by atoms with Gasteiger partial charge in [0.1, 0.15) is 0 Å². The van der Waals surface area contributed by atoms with Crippen LogP contribution in [-0.4, -0.2) is 62.3 Å². The van der Waals surface area contributed by atoms with Crippen LogP contribution in [0.1, 0.15) is 5.56 Å². The molecular formula is C15H22ClN3O2. The lowest BCUT2D eigenvalue weighted by atomic mass is 10.2. The largest absolute Gasteiger partial charge is 0.383 e. The first-order valence-corrected chi connectivity index (χ1v) is 7.55. The lowest BCUT2D eigenvalue weighted by Crippen LogP contribution is -2.51. The normalized spacial score (nSPS) is 16.0. The molecule has 1 aromatic carbocycles. The number of nitrogens with one attached hydrogen (secondary N) is 1. The van der Waals surface area contributed by atoms with E-state index in [-0.39, 0.29) is 6.03 Å². The second-order valence-electron chi connectivity index (χ2n) is 5.11. The van der Waals surface area contributed by atoms with Gasteiger partial charge in [-0.15, -0.1) is 0 Å². The van der Waals surface area contributed by atoms with Gasteiger partial charge in [-0.3, -0.25) is 4.90 Å². The zero-order valence-corrected chi connectivity index (χ0v) is 13.1. The summed E-state index contributed by atoms with van der Waals surface area (Å²) in [5.41, 5.74) is 1.25. The van der Waals surface area contributed by atoms with E-state index in [1.54, 1.807) is 7.11 Å². The first-order valence-electron chi connectivity index (χ1n) is 7.17. The molecule has 0 radical (unpaired) electrons. The van der Waals surface area contributed by atoms with E-state index in [1.165, 1.54) is 5.56 Å². The molecule has 0 saturated carbocycles. The molecule has 1 aliphatic rings. The Morgan fingerprint density at radius 3 is 2.52 bits per heavy atom. The summed E-state index contributed by atoms with van der Waals surface area (Å²) in [6.45, 7) is 5.29. The molecule has 0 bridgehead atoms. The van der Waals surface area contributed by atoms with E-state index in [2.05, 4.69) is 10.2 Å².